The monoisotopic (exact) mass is 444 g/mol. The van der Waals surface area contributed by atoms with Crippen LogP contribution in [-0.2, 0) is 4.74 Å². The summed E-state index contributed by atoms with van der Waals surface area (Å²) in [5, 5.41) is 6.98. The molecule has 1 aromatic carbocycles. The molecule has 3 rings (SSSR count). The fourth-order valence-electron chi connectivity index (χ4n) is 3.23. The van der Waals surface area contributed by atoms with Gasteiger partial charge in [0.2, 0.25) is 0 Å². The average Bonchev–Trinajstić information content (AvgIpc) is 3.34. The van der Waals surface area contributed by atoms with Gasteiger partial charge in [-0.3, -0.25) is 9.89 Å². The second-order valence-electron chi connectivity index (χ2n) is 6.40. The van der Waals surface area contributed by atoms with Crippen molar-refractivity contribution in [3.05, 3.63) is 35.4 Å². The molecule has 1 heterocycles. The molecule has 2 aliphatic rings. The Morgan fingerprint density at radius 2 is 2.04 bits per heavy atom. The Bertz CT molecular complexity index is 546. The van der Waals surface area contributed by atoms with Crippen LogP contribution in [0, 0.1) is 6.92 Å². The zero-order valence-electron chi connectivity index (χ0n) is 14.6. The molecule has 5 nitrogen and oxygen atoms in total. The highest BCUT2D eigenvalue weighted by atomic mass is 127. The van der Waals surface area contributed by atoms with E-state index in [1.54, 1.807) is 0 Å². The standard InChI is InChI=1S/C18H28N4O.HI/c1-14-5-3-4-6-15(14)16-13-17(16)21-18(19-2)20-7-8-22-9-11-23-12-10-22;/h3-6,16-17H,7-13H2,1-2H3,(H2,19,20,21);1H. The smallest absolute Gasteiger partial charge is 0.191 e. The quantitative estimate of drug-likeness (QED) is 0.414. The Kier molecular flexibility index (Phi) is 7.77. The number of halogens is 1. The first-order valence-corrected chi connectivity index (χ1v) is 8.60. The number of benzene rings is 1. The lowest BCUT2D eigenvalue weighted by Gasteiger charge is -2.26. The largest absolute Gasteiger partial charge is 0.379 e. The molecule has 1 aliphatic carbocycles. The molecule has 6 heteroatoms. The first-order valence-electron chi connectivity index (χ1n) is 8.60. The molecule has 2 N–H and O–H groups in total. The Morgan fingerprint density at radius 3 is 2.75 bits per heavy atom. The first-order chi connectivity index (χ1) is 11.3. The lowest BCUT2D eigenvalue weighted by atomic mass is 10.0. The molecule has 1 aliphatic heterocycles. The zero-order valence-corrected chi connectivity index (χ0v) is 17.0. The van der Waals surface area contributed by atoms with E-state index in [1.165, 1.54) is 17.5 Å². The summed E-state index contributed by atoms with van der Waals surface area (Å²) in [6.07, 6.45) is 1.19. The number of ether oxygens (including phenoxy) is 1. The number of hydrogen-bond acceptors (Lipinski definition) is 3. The van der Waals surface area contributed by atoms with Crippen molar-refractivity contribution in [1.82, 2.24) is 15.5 Å². The minimum Gasteiger partial charge on any atom is -0.379 e. The van der Waals surface area contributed by atoms with E-state index >= 15 is 0 Å². The van der Waals surface area contributed by atoms with Gasteiger partial charge in [0.15, 0.2) is 5.96 Å². The van der Waals surface area contributed by atoms with Crippen molar-refractivity contribution < 1.29 is 4.74 Å². The molecule has 134 valence electrons. The highest BCUT2D eigenvalue weighted by Gasteiger charge is 2.39. The van der Waals surface area contributed by atoms with Gasteiger partial charge in [0, 0.05) is 45.2 Å². The second kappa shape index (κ2) is 9.58. The maximum Gasteiger partial charge on any atom is 0.191 e. The minimum atomic E-state index is 0. The van der Waals surface area contributed by atoms with Gasteiger partial charge in [-0.25, -0.2) is 0 Å². The van der Waals surface area contributed by atoms with Gasteiger partial charge in [-0.15, -0.1) is 24.0 Å². The predicted molar refractivity (Wildman–Crippen MR) is 109 cm³/mol. The number of aliphatic imine (C=N–C) groups is 1. The number of aryl methyl sites for hydroxylation is 1. The van der Waals surface area contributed by atoms with E-state index in [9.17, 15) is 0 Å². The van der Waals surface area contributed by atoms with Crippen LogP contribution in [0.4, 0.5) is 0 Å². The van der Waals surface area contributed by atoms with Crippen molar-refractivity contribution >= 4 is 29.9 Å². The first kappa shape index (κ1) is 19.5. The molecule has 1 saturated carbocycles. The van der Waals surface area contributed by atoms with E-state index in [-0.39, 0.29) is 24.0 Å². The molecule has 1 saturated heterocycles. The summed E-state index contributed by atoms with van der Waals surface area (Å²) < 4.78 is 5.37. The average molecular weight is 444 g/mol. The number of morpholine rings is 1. The molecule has 2 fully saturated rings. The molecule has 0 aromatic heterocycles. The lowest BCUT2D eigenvalue weighted by molar-refractivity contribution is 0.0389. The van der Waals surface area contributed by atoms with Gasteiger partial charge in [-0.1, -0.05) is 24.3 Å². The molecule has 0 bridgehead atoms. The third-order valence-corrected chi connectivity index (χ3v) is 4.75. The summed E-state index contributed by atoms with van der Waals surface area (Å²) in [6.45, 7) is 7.93. The van der Waals surface area contributed by atoms with E-state index in [4.69, 9.17) is 4.74 Å². The van der Waals surface area contributed by atoms with Gasteiger partial charge in [-0.05, 0) is 24.5 Å². The van der Waals surface area contributed by atoms with Gasteiger partial charge < -0.3 is 15.4 Å². The zero-order chi connectivity index (χ0) is 16.1. The maximum absolute atomic E-state index is 5.37. The number of guanidine groups is 1. The van der Waals surface area contributed by atoms with Crippen LogP contribution in [0.25, 0.3) is 0 Å². The fourth-order valence-corrected chi connectivity index (χ4v) is 3.23. The third kappa shape index (κ3) is 5.32. The van der Waals surface area contributed by atoms with Gasteiger partial charge in [0.05, 0.1) is 13.2 Å². The van der Waals surface area contributed by atoms with E-state index in [1.807, 2.05) is 7.05 Å². The van der Waals surface area contributed by atoms with Gasteiger partial charge in [-0.2, -0.15) is 0 Å². The minimum absolute atomic E-state index is 0. The highest BCUT2D eigenvalue weighted by Crippen LogP contribution is 2.41. The molecule has 24 heavy (non-hydrogen) atoms. The van der Waals surface area contributed by atoms with Crippen molar-refractivity contribution in [3.8, 4) is 0 Å². The molecule has 2 unspecified atom stereocenters. The van der Waals surface area contributed by atoms with E-state index in [0.717, 1.165) is 45.4 Å². The summed E-state index contributed by atoms with van der Waals surface area (Å²) in [7, 11) is 1.84. The second-order valence-corrected chi connectivity index (χ2v) is 6.40. The maximum atomic E-state index is 5.37. The normalized spacial score (nSPS) is 24.2. The molecule has 1 aromatic rings. The Balaban J connectivity index is 0.00000208. The number of hydrogen-bond donors (Lipinski definition) is 2. The third-order valence-electron chi connectivity index (χ3n) is 4.75. The van der Waals surface area contributed by atoms with Crippen LogP contribution >= 0.6 is 24.0 Å². The number of nitrogens with zero attached hydrogens (tertiary/aromatic N) is 2. The predicted octanol–water partition coefficient (Wildman–Crippen LogP) is 1.97. The Labute approximate surface area is 162 Å². The van der Waals surface area contributed by atoms with Crippen molar-refractivity contribution in [2.45, 2.75) is 25.3 Å². The summed E-state index contributed by atoms with van der Waals surface area (Å²) in [5.74, 6) is 1.54. The van der Waals surface area contributed by atoms with Crippen LogP contribution in [-0.4, -0.2) is 63.3 Å². The van der Waals surface area contributed by atoms with Crippen LogP contribution in [0.5, 0.6) is 0 Å². The molecule has 0 spiro atoms. The van der Waals surface area contributed by atoms with Crippen LogP contribution in [0.3, 0.4) is 0 Å². The molecule has 0 radical (unpaired) electrons. The topological polar surface area (TPSA) is 48.9 Å². The molecular formula is C18H29IN4O. The van der Waals surface area contributed by atoms with Crippen molar-refractivity contribution in [2.75, 3.05) is 46.4 Å². The molecule has 0 amide bonds. The number of rotatable bonds is 5. The van der Waals surface area contributed by atoms with E-state index in [2.05, 4.69) is 51.7 Å². The van der Waals surface area contributed by atoms with Crippen LogP contribution in [0.2, 0.25) is 0 Å². The lowest BCUT2D eigenvalue weighted by Crippen LogP contribution is -2.45. The van der Waals surface area contributed by atoms with Gasteiger partial charge in [0.1, 0.15) is 0 Å². The Morgan fingerprint density at radius 1 is 1.29 bits per heavy atom. The van der Waals surface area contributed by atoms with Gasteiger partial charge in [0.25, 0.3) is 0 Å². The summed E-state index contributed by atoms with van der Waals surface area (Å²) in [5.41, 5.74) is 2.85. The van der Waals surface area contributed by atoms with Crippen LogP contribution in [0.1, 0.15) is 23.5 Å². The van der Waals surface area contributed by atoms with Crippen molar-refractivity contribution in [2.24, 2.45) is 4.99 Å². The summed E-state index contributed by atoms with van der Waals surface area (Å²) in [6, 6.07) is 9.19. The summed E-state index contributed by atoms with van der Waals surface area (Å²) in [4.78, 5) is 6.78. The fraction of sp³-hybridized carbons (Fsp3) is 0.611. The summed E-state index contributed by atoms with van der Waals surface area (Å²) >= 11 is 0. The van der Waals surface area contributed by atoms with Crippen molar-refractivity contribution in [3.63, 3.8) is 0 Å². The SMILES string of the molecule is CN=C(NCCN1CCOCC1)NC1CC1c1ccccc1C.I. The van der Waals surface area contributed by atoms with E-state index < -0.39 is 0 Å². The highest BCUT2D eigenvalue weighted by molar-refractivity contribution is 14.0. The molecular weight excluding hydrogens is 415 g/mol. The van der Waals surface area contributed by atoms with E-state index in [0.29, 0.717) is 12.0 Å². The van der Waals surface area contributed by atoms with Crippen LogP contribution in [0.15, 0.2) is 29.3 Å². The molecule has 2 atom stereocenters. The van der Waals surface area contributed by atoms with Crippen molar-refractivity contribution in [1.29, 1.82) is 0 Å². The number of nitrogens with one attached hydrogen (secondary N) is 2. The van der Waals surface area contributed by atoms with Gasteiger partial charge >= 0.3 is 0 Å². The van der Waals surface area contributed by atoms with Crippen LogP contribution < -0.4 is 10.6 Å². The Hall–Kier alpha value is -0.860.